The predicted octanol–water partition coefficient (Wildman–Crippen LogP) is 4.74. The molecule has 0 aliphatic carbocycles. The monoisotopic (exact) mass is 518 g/mol. The molecule has 5 rings (SSSR count). The number of pyridine rings is 1. The molecule has 8 nitrogen and oxygen atoms in total. The zero-order valence-corrected chi connectivity index (χ0v) is 21.1. The van der Waals surface area contributed by atoms with Gasteiger partial charge in [0, 0.05) is 13.1 Å². The van der Waals surface area contributed by atoms with Gasteiger partial charge in [0.2, 0.25) is 0 Å². The van der Waals surface area contributed by atoms with Crippen LogP contribution in [-0.4, -0.2) is 67.1 Å². The fourth-order valence-electron chi connectivity index (χ4n) is 4.74. The molecular weight excluding hydrogens is 492 g/mol. The van der Waals surface area contributed by atoms with Crippen LogP contribution < -0.4 is 4.90 Å². The van der Waals surface area contributed by atoms with Gasteiger partial charge >= 0.3 is 6.09 Å². The maximum Gasteiger partial charge on any atom is 0.410 e. The van der Waals surface area contributed by atoms with Crippen molar-refractivity contribution in [3.63, 3.8) is 0 Å². The van der Waals surface area contributed by atoms with Crippen molar-refractivity contribution in [1.29, 1.82) is 0 Å². The molecule has 0 aromatic carbocycles. The van der Waals surface area contributed by atoms with E-state index in [0.717, 1.165) is 63.7 Å². The average Bonchev–Trinajstić information content (AvgIpc) is 3.29. The number of fused-ring (bicyclic) bond motifs is 5. The van der Waals surface area contributed by atoms with E-state index >= 15 is 0 Å². The van der Waals surface area contributed by atoms with Crippen LogP contribution in [0, 0.1) is 0 Å². The maximum absolute atomic E-state index is 12.9. The number of hydrogen-bond donors (Lipinski definition) is 0. The van der Waals surface area contributed by atoms with Crippen molar-refractivity contribution in [1.82, 2.24) is 24.5 Å². The van der Waals surface area contributed by atoms with E-state index in [1.807, 2.05) is 42.3 Å². The number of hydrogen-bond acceptors (Lipinski definition) is 7. The third-order valence-electron chi connectivity index (χ3n) is 5.91. The van der Waals surface area contributed by atoms with Crippen LogP contribution in [0.25, 0.3) is 16.4 Å². The summed E-state index contributed by atoms with van der Waals surface area (Å²) in [4.78, 5) is 27.0. The van der Waals surface area contributed by atoms with Crippen LogP contribution >= 0.6 is 27.7 Å². The molecule has 2 bridgehead atoms. The second-order valence-corrected chi connectivity index (χ2v) is 11.3. The Labute approximate surface area is 199 Å². The van der Waals surface area contributed by atoms with E-state index in [4.69, 9.17) is 14.7 Å². The summed E-state index contributed by atoms with van der Waals surface area (Å²) in [6, 6.07) is 4.24. The molecule has 2 atom stereocenters. The SMILES string of the molecule is CCSc1nc(N2CC3CCC(C2)N3C(=O)OC(C)(C)C)c2c(cc(Br)n3nccc23)n1. The molecule has 32 heavy (non-hydrogen) atoms. The molecule has 1 amide bonds. The van der Waals surface area contributed by atoms with Crippen LogP contribution in [0.2, 0.25) is 0 Å². The van der Waals surface area contributed by atoms with E-state index in [-0.39, 0.29) is 18.2 Å². The first-order valence-corrected chi connectivity index (χ1v) is 12.8. The van der Waals surface area contributed by atoms with Crippen LogP contribution in [0.3, 0.4) is 0 Å². The number of ether oxygens (including phenoxy) is 1. The first-order valence-electron chi connectivity index (χ1n) is 11.0. The Morgan fingerprint density at radius 3 is 2.62 bits per heavy atom. The highest BCUT2D eigenvalue weighted by Gasteiger charge is 2.45. The van der Waals surface area contributed by atoms with Crippen LogP contribution in [0.1, 0.15) is 40.5 Å². The zero-order chi connectivity index (χ0) is 22.6. The second kappa shape index (κ2) is 8.06. The van der Waals surface area contributed by atoms with E-state index in [9.17, 15) is 4.79 Å². The van der Waals surface area contributed by atoms with Crippen molar-refractivity contribution in [2.45, 2.75) is 63.4 Å². The van der Waals surface area contributed by atoms with Crippen molar-refractivity contribution in [2.24, 2.45) is 0 Å². The summed E-state index contributed by atoms with van der Waals surface area (Å²) in [6.45, 7) is 9.31. The number of piperazine rings is 1. The van der Waals surface area contributed by atoms with Crippen LogP contribution in [0.4, 0.5) is 10.6 Å². The van der Waals surface area contributed by atoms with Gasteiger partial charge in [0.15, 0.2) is 5.16 Å². The fraction of sp³-hybridized carbons (Fsp3) is 0.545. The Morgan fingerprint density at radius 2 is 1.97 bits per heavy atom. The minimum atomic E-state index is -0.496. The summed E-state index contributed by atoms with van der Waals surface area (Å²) in [5, 5.41) is 6.21. The van der Waals surface area contributed by atoms with Crippen LogP contribution in [0.5, 0.6) is 0 Å². The van der Waals surface area contributed by atoms with Crippen molar-refractivity contribution >= 4 is 56.0 Å². The highest BCUT2D eigenvalue weighted by atomic mass is 79.9. The fourth-order valence-corrected chi connectivity index (χ4v) is 5.81. The van der Waals surface area contributed by atoms with Crippen molar-refractivity contribution < 1.29 is 9.53 Å². The number of carbonyl (C=O) groups excluding carboxylic acids is 1. The van der Waals surface area contributed by atoms with Crippen LogP contribution in [0.15, 0.2) is 28.1 Å². The van der Waals surface area contributed by atoms with Gasteiger partial charge in [-0.1, -0.05) is 18.7 Å². The normalized spacial score (nSPS) is 21.0. The molecule has 170 valence electrons. The molecule has 2 aliphatic heterocycles. The van der Waals surface area contributed by atoms with E-state index in [0.29, 0.717) is 0 Å². The Kier molecular flexibility index (Phi) is 5.48. The highest BCUT2D eigenvalue weighted by molar-refractivity contribution is 9.10. The number of anilines is 1. The highest BCUT2D eigenvalue weighted by Crippen LogP contribution is 2.38. The van der Waals surface area contributed by atoms with Gasteiger partial charge in [0.25, 0.3) is 0 Å². The first kappa shape index (κ1) is 21.8. The van der Waals surface area contributed by atoms with Gasteiger partial charge in [0.1, 0.15) is 16.0 Å². The Morgan fingerprint density at radius 1 is 1.25 bits per heavy atom. The molecule has 5 heterocycles. The number of rotatable bonds is 3. The Balaban J connectivity index is 1.55. The lowest BCUT2D eigenvalue weighted by molar-refractivity contribution is 0.0123. The standard InChI is InChI=1S/C22H27BrN6O2S/c1-5-32-20-25-15-10-17(23)29-16(8-9-24-29)18(15)19(26-20)27-11-13-6-7-14(12-27)28(13)21(30)31-22(2,3)4/h8-10,13-14H,5-7,11-12H2,1-4H3. The molecule has 3 aromatic rings. The summed E-state index contributed by atoms with van der Waals surface area (Å²) in [5.74, 6) is 1.82. The second-order valence-electron chi connectivity index (χ2n) is 9.30. The molecule has 2 fully saturated rings. The van der Waals surface area contributed by atoms with E-state index < -0.39 is 5.60 Å². The molecular formula is C22H27BrN6O2S. The van der Waals surface area contributed by atoms with Crippen molar-refractivity contribution in [3.8, 4) is 0 Å². The maximum atomic E-state index is 12.9. The Bertz CT molecular complexity index is 1180. The molecule has 2 aliphatic rings. The van der Waals surface area contributed by atoms with Gasteiger partial charge in [0.05, 0.1) is 34.7 Å². The zero-order valence-electron chi connectivity index (χ0n) is 18.7. The summed E-state index contributed by atoms with van der Waals surface area (Å²) in [7, 11) is 0. The number of nitrogens with zero attached hydrogens (tertiary/aromatic N) is 6. The molecule has 3 aromatic heterocycles. The van der Waals surface area contributed by atoms with Gasteiger partial charge in [-0.05, 0) is 67.4 Å². The molecule has 0 saturated carbocycles. The lowest BCUT2D eigenvalue weighted by atomic mass is 10.1. The lowest BCUT2D eigenvalue weighted by Gasteiger charge is -2.42. The minimum absolute atomic E-state index is 0.118. The smallest absolute Gasteiger partial charge is 0.410 e. The van der Waals surface area contributed by atoms with Gasteiger partial charge in [-0.15, -0.1) is 0 Å². The summed E-state index contributed by atoms with van der Waals surface area (Å²) >= 11 is 5.26. The number of carbonyl (C=O) groups is 1. The quantitative estimate of drug-likeness (QED) is 0.281. The first-order chi connectivity index (χ1) is 15.2. The van der Waals surface area contributed by atoms with Gasteiger partial charge in [-0.2, -0.15) is 5.10 Å². The molecule has 0 spiro atoms. The summed E-state index contributed by atoms with van der Waals surface area (Å²) in [6.07, 6.45) is 3.55. The Hall–Kier alpha value is -2.07. The summed E-state index contributed by atoms with van der Waals surface area (Å²) in [5.41, 5.74) is 1.37. The van der Waals surface area contributed by atoms with E-state index in [1.54, 1.807) is 18.0 Å². The topological polar surface area (TPSA) is 75.9 Å². The minimum Gasteiger partial charge on any atom is -0.444 e. The van der Waals surface area contributed by atoms with Crippen molar-refractivity contribution in [2.75, 3.05) is 23.7 Å². The lowest BCUT2D eigenvalue weighted by Crippen LogP contribution is -2.57. The van der Waals surface area contributed by atoms with Gasteiger partial charge in [-0.25, -0.2) is 19.3 Å². The third-order valence-corrected chi connectivity index (χ3v) is 7.21. The number of thioether (sulfide) groups is 1. The van der Waals surface area contributed by atoms with Gasteiger partial charge in [-0.3, -0.25) is 4.90 Å². The van der Waals surface area contributed by atoms with E-state index in [1.165, 1.54) is 0 Å². The summed E-state index contributed by atoms with van der Waals surface area (Å²) < 4.78 is 8.43. The third kappa shape index (κ3) is 3.81. The van der Waals surface area contributed by atoms with Crippen LogP contribution in [-0.2, 0) is 4.74 Å². The number of amides is 1. The molecule has 0 N–H and O–H groups in total. The number of aromatic nitrogens is 4. The molecule has 0 radical (unpaired) electrons. The van der Waals surface area contributed by atoms with E-state index in [2.05, 4.69) is 32.9 Å². The molecule has 2 saturated heterocycles. The molecule has 10 heteroatoms. The average molecular weight is 519 g/mol. The predicted molar refractivity (Wildman–Crippen MR) is 129 cm³/mol. The molecule has 2 unspecified atom stereocenters. The van der Waals surface area contributed by atoms with Crippen molar-refractivity contribution in [3.05, 3.63) is 22.9 Å². The largest absolute Gasteiger partial charge is 0.444 e. The van der Waals surface area contributed by atoms with Gasteiger partial charge < -0.3 is 9.64 Å². The number of halogens is 1.